The Morgan fingerprint density at radius 1 is 1.18 bits per heavy atom. The fourth-order valence-electron chi connectivity index (χ4n) is 3.62. The minimum atomic E-state index is -0.00725. The number of hydrogen-bond donors (Lipinski definition) is 1. The molecule has 3 heterocycles. The summed E-state index contributed by atoms with van der Waals surface area (Å²) in [5.74, 6) is 1.57. The zero-order valence-electron chi connectivity index (χ0n) is 16.2. The molecule has 1 fully saturated rings. The molecule has 146 valence electrons. The predicted molar refractivity (Wildman–Crippen MR) is 107 cm³/mol. The molecule has 8 heteroatoms. The van der Waals surface area contributed by atoms with Crippen LogP contribution >= 0.6 is 0 Å². The van der Waals surface area contributed by atoms with E-state index in [0.717, 1.165) is 36.6 Å². The van der Waals surface area contributed by atoms with Gasteiger partial charge in [-0.15, -0.1) is 0 Å². The number of piperazine rings is 1. The number of anilines is 1. The molecule has 1 saturated heterocycles. The van der Waals surface area contributed by atoms with E-state index >= 15 is 0 Å². The highest BCUT2D eigenvalue weighted by molar-refractivity contribution is 5.75. The average Bonchev–Trinajstić information content (AvgIpc) is 3.20. The summed E-state index contributed by atoms with van der Waals surface area (Å²) in [4.78, 5) is 25.5. The number of aromatic nitrogens is 4. The second kappa shape index (κ2) is 7.84. The Hall–Kier alpha value is -3.16. The van der Waals surface area contributed by atoms with Gasteiger partial charge in [-0.3, -0.25) is 0 Å². The van der Waals surface area contributed by atoms with Gasteiger partial charge in [0.2, 0.25) is 0 Å². The third kappa shape index (κ3) is 3.62. The van der Waals surface area contributed by atoms with Gasteiger partial charge in [0.25, 0.3) is 5.78 Å². The highest BCUT2D eigenvalue weighted by Crippen LogP contribution is 2.19. The molecule has 0 bridgehead atoms. The lowest BCUT2D eigenvalue weighted by molar-refractivity contribution is 0.189. The maximum atomic E-state index is 12.8. The first-order valence-corrected chi connectivity index (χ1v) is 9.68. The van der Waals surface area contributed by atoms with Crippen LogP contribution in [0.3, 0.4) is 0 Å². The van der Waals surface area contributed by atoms with E-state index in [1.165, 1.54) is 6.33 Å². The van der Waals surface area contributed by atoms with E-state index in [1.807, 2.05) is 36.1 Å². The molecule has 8 nitrogen and oxygen atoms in total. The SMILES string of the molecule is CC[C@H](NC(=O)N1CCN(c2cc(C)nc3ncnn23)CC1)c1ccccc1. The zero-order valence-corrected chi connectivity index (χ0v) is 16.2. The fraction of sp³-hybridized carbons (Fsp3) is 0.400. The van der Waals surface area contributed by atoms with E-state index in [0.29, 0.717) is 18.9 Å². The maximum Gasteiger partial charge on any atom is 0.318 e. The van der Waals surface area contributed by atoms with Crippen LogP contribution in [0.25, 0.3) is 5.78 Å². The smallest absolute Gasteiger partial charge is 0.318 e. The van der Waals surface area contributed by atoms with E-state index < -0.39 is 0 Å². The van der Waals surface area contributed by atoms with Crippen LogP contribution in [0.15, 0.2) is 42.7 Å². The lowest BCUT2D eigenvalue weighted by Gasteiger charge is -2.36. The van der Waals surface area contributed by atoms with Gasteiger partial charge in [0.15, 0.2) is 0 Å². The summed E-state index contributed by atoms with van der Waals surface area (Å²) in [7, 11) is 0. The second-order valence-electron chi connectivity index (χ2n) is 7.02. The van der Waals surface area contributed by atoms with Gasteiger partial charge in [-0.2, -0.15) is 14.6 Å². The lowest BCUT2D eigenvalue weighted by atomic mass is 10.1. The van der Waals surface area contributed by atoms with Crippen molar-refractivity contribution in [3.63, 3.8) is 0 Å². The molecule has 0 spiro atoms. The first-order chi connectivity index (χ1) is 13.7. The van der Waals surface area contributed by atoms with Crippen LogP contribution in [-0.4, -0.2) is 56.7 Å². The summed E-state index contributed by atoms with van der Waals surface area (Å²) in [5, 5.41) is 7.45. The van der Waals surface area contributed by atoms with Gasteiger partial charge in [0.05, 0.1) is 6.04 Å². The summed E-state index contributed by atoms with van der Waals surface area (Å²) in [6.07, 6.45) is 2.37. The Morgan fingerprint density at radius 2 is 1.93 bits per heavy atom. The van der Waals surface area contributed by atoms with Gasteiger partial charge in [-0.25, -0.2) is 9.78 Å². The molecule has 1 aromatic carbocycles. The van der Waals surface area contributed by atoms with Crippen molar-refractivity contribution in [3.05, 3.63) is 54.0 Å². The third-order valence-electron chi connectivity index (χ3n) is 5.16. The Balaban J connectivity index is 1.41. The van der Waals surface area contributed by atoms with E-state index in [-0.39, 0.29) is 12.1 Å². The molecular formula is C20H25N7O. The van der Waals surface area contributed by atoms with Crippen LogP contribution in [0.1, 0.15) is 30.6 Å². The van der Waals surface area contributed by atoms with Gasteiger partial charge in [-0.05, 0) is 18.9 Å². The van der Waals surface area contributed by atoms with E-state index in [4.69, 9.17) is 0 Å². The number of urea groups is 1. The van der Waals surface area contributed by atoms with Crippen molar-refractivity contribution in [2.24, 2.45) is 0 Å². The van der Waals surface area contributed by atoms with Crippen molar-refractivity contribution in [2.45, 2.75) is 26.3 Å². The first-order valence-electron chi connectivity index (χ1n) is 9.68. The van der Waals surface area contributed by atoms with Crippen molar-refractivity contribution < 1.29 is 4.79 Å². The minimum absolute atomic E-state index is 0.00725. The number of aryl methyl sites for hydroxylation is 1. The molecule has 1 aliphatic rings. The zero-order chi connectivity index (χ0) is 19.5. The second-order valence-corrected chi connectivity index (χ2v) is 7.02. The lowest BCUT2D eigenvalue weighted by Crippen LogP contribution is -2.52. The molecule has 1 aliphatic heterocycles. The van der Waals surface area contributed by atoms with E-state index in [9.17, 15) is 4.79 Å². The number of carbonyl (C=O) groups is 1. The molecule has 28 heavy (non-hydrogen) atoms. The molecule has 0 unspecified atom stereocenters. The van der Waals surface area contributed by atoms with Gasteiger partial charge < -0.3 is 15.1 Å². The summed E-state index contributed by atoms with van der Waals surface area (Å²) in [6, 6.07) is 12.2. The number of amides is 2. The first kappa shape index (κ1) is 18.2. The highest BCUT2D eigenvalue weighted by Gasteiger charge is 2.24. The molecular weight excluding hydrogens is 354 g/mol. The molecule has 0 aliphatic carbocycles. The van der Waals surface area contributed by atoms with Gasteiger partial charge >= 0.3 is 6.03 Å². The van der Waals surface area contributed by atoms with Crippen molar-refractivity contribution in [1.29, 1.82) is 0 Å². The minimum Gasteiger partial charge on any atom is -0.353 e. The summed E-state index contributed by atoms with van der Waals surface area (Å²) in [6.45, 7) is 6.85. The number of nitrogens with zero attached hydrogens (tertiary/aromatic N) is 6. The fourth-order valence-corrected chi connectivity index (χ4v) is 3.62. The van der Waals surface area contributed by atoms with Gasteiger partial charge in [0.1, 0.15) is 12.1 Å². The largest absolute Gasteiger partial charge is 0.353 e. The molecule has 2 aromatic heterocycles. The Morgan fingerprint density at radius 3 is 2.64 bits per heavy atom. The molecule has 4 rings (SSSR count). The summed E-state index contributed by atoms with van der Waals surface area (Å²) in [5.41, 5.74) is 2.04. The van der Waals surface area contributed by atoms with Crippen molar-refractivity contribution in [3.8, 4) is 0 Å². The number of nitrogens with one attached hydrogen (secondary N) is 1. The normalized spacial score (nSPS) is 15.6. The average molecular weight is 379 g/mol. The topological polar surface area (TPSA) is 78.7 Å². The molecule has 1 N–H and O–H groups in total. The van der Waals surface area contributed by atoms with Gasteiger partial charge in [0, 0.05) is 37.9 Å². The van der Waals surface area contributed by atoms with Crippen molar-refractivity contribution in [1.82, 2.24) is 29.8 Å². The van der Waals surface area contributed by atoms with Crippen LogP contribution in [0.4, 0.5) is 10.6 Å². The third-order valence-corrected chi connectivity index (χ3v) is 5.16. The molecule has 0 saturated carbocycles. The highest BCUT2D eigenvalue weighted by atomic mass is 16.2. The molecule has 3 aromatic rings. The Kier molecular flexibility index (Phi) is 5.10. The number of carbonyl (C=O) groups excluding carboxylic acids is 1. The van der Waals surface area contributed by atoms with Crippen molar-refractivity contribution in [2.75, 3.05) is 31.1 Å². The standard InChI is InChI=1S/C20H25N7O/c1-3-17(16-7-5-4-6-8-16)24-20(28)26-11-9-25(10-12-26)18-13-15(2)23-19-21-14-22-27(18)19/h4-8,13-14,17H,3,9-12H2,1-2H3,(H,24,28)/t17-/m0/s1. The Bertz CT molecular complexity index is 948. The van der Waals surface area contributed by atoms with E-state index in [2.05, 4.69) is 44.3 Å². The monoisotopic (exact) mass is 379 g/mol. The maximum absolute atomic E-state index is 12.8. The summed E-state index contributed by atoms with van der Waals surface area (Å²) < 4.78 is 1.76. The van der Waals surface area contributed by atoms with E-state index in [1.54, 1.807) is 4.52 Å². The van der Waals surface area contributed by atoms with Gasteiger partial charge in [-0.1, -0.05) is 37.3 Å². The Labute approximate surface area is 164 Å². The number of fused-ring (bicyclic) bond motifs is 1. The molecule has 2 amide bonds. The number of rotatable bonds is 4. The number of hydrogen-bond acceptors (Lipinski definition) is 5. The van der Waals surface area contributed by atoms with Crippen LogP contribution in [0.2, 0.25) is 0 Å². The predicted octanol–water partition coefficient (Wildman–Crippen LogP) is 2.42. The van der Waals surface area contributed by atoms with Crippen LogP contribution in [-0.2, 0) is 0 Å². The van der Waals surface area contributed by atoms with Crippen molar-refractivity contribution >= 4 is 17.6 Å². The quantitative estimate of drug-likeness (QED) is 0.753. The molecule has 0 radical (unpaired) electrons. The molecule has 1 atom stereocenters. The van der Waals surface area contributed by atoms with Crippen LogP contribution in [0, 0.1) is 6.92 Å². The van der Waals surface area contributed by atoms with Crippen LogP contribution in [0.5, 0.6) is 0 Å². The summed E-state index contributed by atoms with van der Waals surface area (Å²) >= 11 is 0. The number of benzene rings is 1. The van der Waals surface area contributed by atoms with Crippen LogP contribution < -0.4 is 10.2 Å².